The maximum absolute atomic E-state index is 4.12. The molecule has 1 saturated carbocycles. The van der Waals surface area contributed by atoms with E-state index in [0.717, 1.165) is 24.9 Å². The molecule has 3 nitrogen and oxygen atoms in total. The Kier molecular flexibility index (Phi) is 4.60. The van der Waals surface area contributed by atoms with Gasteiger partial charge in [0.1, 0.15) is 0 Å². The summed E-state index contributed by atoms with van der Waals surface area (Å²) in [4.78, 5) is 4.12. The van der Waals surface area contributed by atoms with Crippen molar-refractivity contribution in [3.63, 3.8) is 0 Å². The summed E-state index contributed by atoms with van der Waals surface area (Å²) in [5.74, 6) is 1.93. The summed E-state index contributed by atoms with van der Waals surface area (Å²) in [6, 6.07) is 0. The number of imidazole rings is 1. The maximum Gasteiger partial charge on any atom is 0.0945 e. The second kappa shape index (κ2) is 6.20. The molecule has 0 bridgehead atoms. The van der Waals surface area contributed by atoms with Crippen molar-refractivity contribution >= 4 is 0 Å². The number of aryl methyl sites for hydroxylation is 1. The predicted molar refractivity (Wildman–Crippen MR) is 70.7 cm³/mol. The van der Waals surface area contributed by atoms with E-state index in [1.54, 1.807) is 0 Å². The van der Waals surface area contributed by atoms with E-state index in [0.29, 0.717) is 0 Å². The van der Waals surface area contributed by atoms with Gasteiger partial charge in [-0.25, -0.2) is 4.98 Å². The number of nitrogens with zero attached hydrogens (tertiary/aromatic N) is 2. The molecular weight excluding hydrogens is 210 g/mol. The first-order valence-corrected chi connectivity index (χ1v) is 6.91. The zero-order valence-electron chi connectivity index (χ0n) is 11.2. The topological polar surface area (TPSA) is 29.9 Å². The highest BCUT2D eigenvalue weighted by Gasteiger charge is 2.17. The summed E-state index contributed by atoms with van der Waals surface area (Å²) < 4.78 is 2.08. The van der Waals surface area contributed by atoms with Crippen molar-refractivity contribution in [2.45, 2.75) is 45.6 Å². The maximum atomic E-state index is 4.12. The van der Waals surface area contributed by atoms with Crippen LogP contribution in [0.1, 0.15) is 44.7 Å². The number of aromatic nitrogens is 2. The van der Waals surface area contributed by atoms with Gasteiger partial charge in [-0.3, -0.25) is 0 Å². The molecule has 0 saturated heterocycles. The molecule has 0 atom stereocenters. The van der Waals surface area contributed by atoms with Crippen LogP contribution in [0.25, 0.3) is 0 Å². The van der Waals surface area contributed by atoms with E-state index in [2.05, 4.69) is 21.8 Å². The highest BCUT2D eigenvalue weighted by atomic mass is 15.0. The highest BCUT2D eigenvalue weighted by molar-refractivity contribution is 4.96. The van der Waals surface area contributed by atoms with E-state index >= 15 is 0 Å². The van der Waals surface area contributed by atoms with Gasteiger partial charge in [-0.1, -0.05) is 32.6 Å². The molecule has 3 heteroatoms. The average molecular weight is 235 g/mol. The Morgan fingerprint density at radius 2 is 2.12 bits per heavy atom. The average Bonchev–Trinajstić information content (AvgIpc) is 2.73. The second-order valence-electron chi connectivity index (χ2n) is 5.59. The molecule has 17 heavy (non-hydrogen) atoms. The molecule has 1 aromatic heterocycles. The van der Waals surface area contributed by atoms with Crippen LogP contribution in [0.2, 0.25) is 0 Å². The second-order valence-corrected chi connectivity index (χ2v) is 5.59. The van der Waals surface area contributed by atoms with E-state index in [1.807, 2.05) is 19.6 Å². The zero-order chi connectivity index (χ0) is 12.1. The predicted octanol–water partition coefficient (Wildman–Crippen LogP) is 2.73. The molecule has 0 radical (unpaired) electrons. The van der Waals surface area contributed by atoms with Crippen LogP contribution >= 0.6 is 0 Å². The first-order valence-electron chi connectivity index (χ1n) is 6.91. The van der Waals surface area contributed by atoms with Crippen molar-refractivity contribution in [1.82, 2.24) is 14.9 Å². The first-order chi connectivity index (χ1) is 8.25. The lowest BCUT2D eigenvalue weighted by Gasteiger charge is -2.26. The van der Waals surface area contributed by atoms with Crippen LogP contribution < -0.4 is 5.32 Å². The fraction of sp³-hybridized carbons (Fsp3) is 0.786. The summed E-state index contributed by atoms with van der Waals surface area (Å²) in [6.07, 6.45) is 10.9. The minimum absolute atomic E-state index is 0.944. The Bertz CT molecular complexity index is 324. The smallest absolute Gasteiger partial charge is 0.0945 e. The van der Waals surface area contributed by atoms with Crippen LogP contribution in [0.5, 0.6) is 0 Å². The zero-order valence-corrected chi connectivity index (χ0v) is 11.2. The molecule has 0 unspecified atom stereocenters. The molecule has 0 amide bonds. The van der Waals surface area contributed by atoms with Crippen molar-refractivity contribution in [3.05, 3.63) is 18.2 Å². The molecule has 1 aliphatic rings. The Hall–Kier alpha value is -0.830. The van der Waals surface area contributed by atoms with Gasteiger partial charge in [0, 0.05) is 19.8 Å². The SMILES string of the molecule is CC1CCC(CCNCc2cncn2C)CC1. The lowest BCUT2D eigenvalue weighted by atomic mass is 9.81. The van der Waals surface area contributed by atoms with E-state index < -0.39 is 0 Å². The number of hydrogen-bond acceptors (Lipinski definition) is 2. The molecule has 1 N–H and O–H groups in total. The van der Waals surface area contributed by atoms with Crippen molar-refractivity contribution in [1.29, 1.82) is 0 Å². The van der Waals surface area contributed by atoms with Gasteiger partial charge >= 0.3 is 0 Å². The quantitative estimate of drug-likeness (QED) is 0.795. The van der Waals surface area contributed by atoms with Crippen LogP contribution in [-0.4, -0.2) is 16.1 Å². The van der Waals surface area contributed by atoms with Gasteiger partial charge < -0.3 is 9.88 Å². The third kappa shape index (κ3) is 3.84. The van der Waals surface area contributed by atoms with Gasteiger partial charge in [0.25, 0.3) is 0 Å². The van der Waals surface area contributed by atoms with E-state index in [-0.39, 0.29) is 0 Å². The highest BCUT2D eigenvalue weighted by Crippen LogP contribution is 2.29. The summed E-state index contributed by atoms with van der Waals surface area (Å²) in [6.45, 7) is 4.47. The number of nitrogens with one attached hydrogen (secondary N) is 1. The van der Waals surface area contributed by atoms with E-state index in [1.165, 1.54) is 37.8 Å². The minimum atomic E-state index is 0.944. The minimum Gasteiger partial charge on any atom is -0.337 e. The van der Waals surface area contributed by atoms with Gasteiger partial charge in [0.15, 0.2) is 0 Å². The summed E-state index contributed by atoms with van der Waals surface area (Å²) in [5, 5.41) is 3.53. The number of rotatable bonds is 5. The number of hydrogen-bond donors (Lipinski definition) is 1. The fourth-order valence-electron chi connectivity index (χ4n) is 2.70. The van der Waals surface area contributed by atoms with E-state index in [9.17, 15) is 0 Å². The third-order valence-electron chi connectivity index (χ3n) is 4.09. The molecule has 2 rings (SSSR count). The van der Waals surface area contributed by atoms with Crippen LogP contribution in [0.15, 0.2) is 12.5 Å². The molecule has 1 heterocycles. The summed E-state index contributed by atoms with van der Waals surface area (Å²) in [5.41, 5.74) is 1.27. The van der Waals surface area contributed by atoms with E-state index in [4.69, 9.17) is 0 Å². The molecule has 96 valence electrons. The molecule has 0 spiro atoms. The molecule has 1 aromatic rings. The Morgan fingerprint density at radius 3 is 2.76 bits per heavy atom. The van der Waals surface area contributed by atoms with Crippen molar-refractivity contribution < 1.29 is 0 Å². The largest absolute Gasteiger partial charge is 0.337 e. The summed E-state index contributed by atoms with van der Waals surface area (Å²) >= 11 is 0. The van der Waals surface area contributed by atoms with Gasteiger partial charge in [0.05, 0.1) is 12.0 Å². The van der Waals surface area contributed by atoms with Gasteiger partial charge in [0.2, 0.25) is 0 Å². The van der Waals surface area contributed by atoms with Gasteiger partial charge in [-0.2, -0.15) is 0 Å². The van der Waals surface area contributed by atoms with Crippen LogP contribution in [0.3, 0.4) is 0 Å². The molecule has 0 aliphatic heterocycles. The Morgan fingerprint density at radius 1 is 1.35 bits per heavy atom. The van der Waals surface area contributed by atoms with Crippen molar-refractivity contribution in [3.8, 4) is 0 Å². The van der Waals surface area contributed by atoms with Crippen molar-refractivity contribution in [2.24, 2.45) is 18.9 Å². The molecular formula is C14H25N3. The lowest BCUT2D eigenvalue weighted by Crippen LogP contribution is -2.21. The lowest BCUT2D eigenvalue weighted by molar-refractivity contribution is 0.275. The van der Waals surface area contributed by atoms with Gasteiger partial charge in [-0.15, -0.1) is 0 Å². The first kappa shape index (κ1) is 12.6. The standard InChI is InChI=1S/C14H25N3/c1-12-3-5-13(6-4-12)7-8-15-9-14-10-16-11-17(14)2/h10-13,15H,3-9H2,1-2H3. The fourth-order valence-corrected chi connectivity index (χ4v) is 2.70. The molecule has 0 aromatic carbocycles. The third-order valence-corrected chi connectivity index (χ3v) is 4.09. The molecule has 1 fully saturated rings. The van der Waals surface area contributed by atoms with Crippen LogP contribution in [0, 0.1) is 11.8 Å². The van der Waals surface area contributed by atoms with Crippen LogP contribution in [0.4, 0.5) is 0 Å². The Labute approximate surface area is 105 Å². The monoisotopic (exact) mass is 235 g/mol. The Balaban J connectivity index is 1.59. The summed E-state index contributed by atoms with van der Waals surface area (Å²) in [7, 11) is 2.05. The van der Waals surface area contributed by atoms with Gasteiger partial charge in [-0.05, 0) is 24.8 Å². The molecule has 1 aliphatic carbocycles. The normalized spacial score (nSPS) is 25.1. The van der Waals surface area contributed by atoms with Crippen LogP contribution in [-0.2, 0) is 13.6 Å². The van der Waals surface area contributed by atoms with Crippen molar-refractivity contribution in [2.75, 3.05) is 6.54 Å².